The molecule has 5 nitrogen and oxygen atoms in total. The molecule has 3 rings (SSSR count). The van der Waals surface area contributed by atoms with Crippen LogP contribution in [0.25, 0.3) is 0 Å². The Morgan fingerprint density at radius 2 is 1.85 bits per heavy atom. The lowest BCUT2D eigenvalue weighted by Crippen LogP contribution is -2.52. The molecular formula is C20H25ClN2O3. The molecule has 0 aromatic heterocycles. The highest BCUT2D eigenvalue weighted by molar-refractivity contribution is 5.85. The summed E-state index contributed by atoms with van der Waals surface area (Å²) >= 11 is 0. The van der Waals surface area contributed by atoms with Crippen LogP contribution in [-0.4, -0.2) is 43.7 Å². The van der Waals surface area contributed by atoms with Gasteiger partial charge in [0.05, 0.1) is 13.2 Å². The van der Waals surface area contributed by atoms with Crippen molar-refractivity contribution >= 4 is 18.3 Å². The number of hydrogen-bond donors (Lipinski definition) is 1. The fraction of sp³-hybridized carbons (Fsp3) is 0.350. The molecule has 1 amide bonds. The summed E-state index contributed by atoms with van der Waals surface area (Å²) in [6.07, 6.45) is -0.544. The predicted molar refractivity (Wildman–Crippen MR) is 104 cm³/mol. The quantitative estimate of drug-likeness (QED) is 0.871. The van der Waals surface area contributed by atoms with Gasteiger partial charge in [-0.15, -0.1) is 12.4 Å². The summed E-state index contributed by atoms with van der Waals surface area (Å²) in [6, 6.07) is 17.2. The van der Waals surface area contributed by atoms with E-state index in [1.54, 1.807) is 14.0 Å². The zero-order valence-electron chi connectivity index (χ0n) is 15.1. The van der Waals surface area contributed by atoms with Crippen LogP contribution in [0.2, 0.25) is 0 Å². The normalized spacial score (nSPS) is 17.8. The van der Waals surface area contributed by atoms with Gasteiger partial charge in [-0.05, 0) is 25.1 Å². The number of para-hydroxylation sites is 2. The van der Waals surface area contributed by atoms with Gasteiger partial charge in [-0.2, -0.15) is 0 Å². The summed E-state index contributed by atoms with van der Waals surface area (Å²) in [5, 5.41) is 3.37. The number of carbonyl (C=O) groups excluding carboxylic acids is 1. The lowest BCUT2D eigenvalue weighted by molar-refractivity contribution is -0.141. The number of ether oxygens (including phenoxy) is 2. The first-order valence-electron chi connectivity index (χ1n) is 8.56. The van der Waals surface area contributed by atoms with E-state index in [1.807, 2.05) is 59.5 Å². The average molecular weight is 377 g/mol. The largest absolute Gasteiger partial charge is 0.496 e. The third kappa shape index (κ3) is 4.48. The summed E-state index contributed by atoms with van der Waals surface area (Å²) in [6.45, 7) is 3.92. The van der Waals surface area contributed by atoms with E-state index in [9.17, 15) is 4.79 Å². The zero-order chi connectivity index (χ0) is 17.6. The molecule has 1 aliphatic rings. The van der Waals surface area contributed by atoms with Crippen LogP contribution >= 0.6 is 12.4 Å². The van der Waals surface area contributed by atoms with Crippen LogP contribution in [0.5, 0.6) is 11.5 Å². The first-order chi connectivity index (χ1) is 12.2. The zero-order valence-corrected chi connectivity index (χ0v) is 15.9. The van der Waals surface area contributed by atoms with Gasteiger partial charge in [-0.1, -0.05) is 36.4 Å². The van der Waals surface area contributed by atoms with Crippen LogP contribution in [0.15, 0.2) is 54.6 Å². The Morgan fingerprint density at radius 1 is 1.15 bits per heavy atom. The number of amides is 1. The van der Waals surface area contributed by atoms with E-state index in [2.05, 4.69) is 5.32 Å². The lowest BCUT2D eigenvalue weighted by Gasteiger charge is -2.38. The van der Waals surface area contributed by atoms with E-state index in [0.717, 1.165) is 17.9 Å². The maximum Gasteiger partial charge on any atom is 0.263 e. The Bertz CT molecular complexity index is 711. The monoisotopic (exact) mass is 376 g/mol. The highest BCUT2D eigenvalue weighted by atomic mass is 35.5. The molecule has 0 bridgehead atoms. The number of piperazine rings is 1. The molecule has 0 saturated carbocycles. The molecule has 0 spiro atoms. The van der Waals surface area contributed by atoms with Gasteiger partial charge < -0.3 is 19.7 Å². The number of nitrogens with one attached hydrogen (secondary N) is 1. The van der Waals surface area contributed by atoms with Crippen molar-refractivity contribution in [2.75, 3.05) is 26.7 Å². The molecule has 1 aliphatic heterocycles. The minimum absolute atomic E-state index is 0. The number of methoxy groups -OCH3 is 1. The van der Waals surface area contributed by atoms with Crippen LogP contribution in [-0.2, 0) is 4.79 Å². The van der Waals surface area contributed by atoms with Crippen LogP contribution in [0, 0.1) is 0 Å². The third-order valence-corrected chi connectivity index (χ3v) is 4.43. The maximum atomic E-state index is 13.0. The molecule has 140 valence electrons. The van der Waals surface area contributed by atoms with Crippen molar-refractivity contribution in [3.8, 4) is 11.5 Å². The van der Waals surface area contributed by atoms with Crippen molar-refractivity contribution in [1.29, 1.82) is 0 Å². The Hall–Kier alpha value is -2.24. The summed E-state index contributed by atoms with van der Waals surface area (Å²) in [7, 11) is 1.66. The van der Waals surface area contributed by atoms with Gasteiger partial charge in [0.2, 0.25) is 0 Å². The Morgan fingerprint density at radius 3 is 2.58 bits per heavy atom. The van der Waals surface area contributed by atoms with Gasteiger partial charge in [-0.25, -0.2) is 0 Å². The lowest BCUT2D eigenvalue weighted by atomic mass is 10.0. The number of nitrogens with zero attached hydrogens (tertiary/aromatic N) is 1. The molecule has 1 N–H and O–H groups in total. The van der Waals surface area contributed by atoms with Crippen LogP contribution < -0.4 is 14.8 Å². The summed E-state index contributed by atoms with van der Waals surface area (Å²) in [4.78, 5) is 14.9. The maximum absolute atomic E-state index is 13.0. The number of hydrogen-bond acceptors (Lipinski definition) is 4. The van der Waals surface area contributed by atoms with Gasteiger partial charge in [-0.3, -0.25) is 4.79 Å². The van der Waals surface area contributed by atoms with Crippen molar-refractivity contribution in [2.45, 2.75) is 19.1 Å². The van der Waals surface area contributed by atoms with Gasteiger partial charge in [0.15, 0.2) is 6.10 Å². The van der Waals surface area contributed by atoms with Crippen molar-refractivity contribution in [1.82, 2.24) is 10.2 Å². The minimum atomic E-state index is -0.544. The van der Waals surface area contributed by atoms with Gasteiger partial charge in [0, 0.05) is 25.2 Å². The molecule has 2 aromatic carbocycles. The van der Waals surface area contributed by atoms with Crippen LogP contribution in [0.1, 0.15) is 18.5 Å². The van der Waals surface area contributed by atoms with E-state index in [0.29, 0.717) is 18.8 Å². The van der Waals surface area contributed by atoms with Gasteiger partial charge >= 0.3 is 0 Å². The molecule has 2 aromatic rings. The number of halogens is 1. The summed E-state index contributed by atoms with van der Waals surface area (Å²) < 4.78 is 11.3. The fourth-order valence-electron chi connectivity index (χ4n) is 3.17. The van der Waals surface area contributed by atoms with E-state index in [1.165, 1.54) is 0 Å². The number of rotatable bonds is 5. The van der Waals surface area contributed by atoms with Crippen molar-refractivity contribution < 1.29 is 14.3 Å². The summed E-state index contributed by atoms with van der Waals surface area (Å²) in [5.41, 5.74) is 1.01. The van der Waals surface area contributed by atoms with E-state index >= 15 is 0 Å². The van der Waals surface area contributed by atoms with E-state index in [-0.39, 0.29) is 24.4 Å². The van der Waals surface area contributed by atoms with Crippen molar-refractivity contribution in [2.24, 2.45) is 0 Å². The van der Waals surface area contributed by atoms with Gasteiger partial charge in [0.1, 0.15) is 11.5 Å². The molecule has 1 heterocycles. The standard InChI is InChI=1S/C20H24N2O3.ClH/c1-15(25-16-8-4-3-5-9-16)20(23)22-13-12-21-14-18(22)17-10-6-7-11-19(17)24-2;/h3-11,15,18,21H,12-14H2,1-2H3;1H. The van der Waals surface area contributed by atoms with Crippen molar-refractivity contribution in [3.05, 3.63) is 60.2 Å². The Labute approximate surface area is 160 Å². The molecule has 0 radical (unpaired) electrons. The third-order valence-electron chi connectivity index (χ3n) is 4.43. The molecule has 1 fully saturated rings. The molecule has 6 heteroatoms. The first kappa shape index (κ1) is 20.1. The average Bonchev–Trinajstić information content (AvgIpc) is 2.68. The van der Waals surface area contributed by atoms with Gasteiger partial charge in [0.25, 0.3) is 5.91 Å². The smallest absolute Gasteiger partial charge is 0.263 e. The second-order valence-corrected chi connectivity index (χ2v) is 6.07. The summed E-state index contributed by atoms with van der Waals surface area (Å²) in [5.74, 6) is 1.49. The minimum Gasteiger partial charge on any atom is -0.496 e. The van der Waals surface area contributed by atoms with E-state index < -0.39 is 6.10 Å². The Kier molecular flexibility index (Phi) is 7.30. The van der Waals surface area contributed by atoms with E-state index in [4.69, 9.17) is 9.47 Å². The number of benzene rings is 2. The topological polar surface area (TPSA) is 50.8 Å². The van der Waals surface area contributed by atoms with Crippen LogP contribution in [0.4, 0.5) is 0 Å². The SMILES string of the molecule is COc1ccccc1C1CNCCN1C(=O)C(C)Oc1ccccc1.Cl. The molecule has 1 saturated heterocycles. The first-order valence-corrected chi connectivity index (χ1v) is 8.56. The molecule has 0 aliphatic carbocycles. The van der Waals surface area contributed by atoms with Crippen molar-refractivity contribution in [3.63, 3.8) is 0 Å². The fourth-order valence-corrected chi connectivity index (χ4v) is 3.17. The molecule has 26 heavy (non-hydrogen) atoms. The predicted octanol–water partition coefficient (Wildman–Crippen LogP) is 3.06. The van der Waals surface area contributed by atoms with Crippen LogP contribution in [0.3, 0.4) is 0 Å². The number of carbonyl (C=O) groups is 1. The second kappa shape index (κ2) is 9.46. The molecule has 2 atom stereocenters. The Balaban J connectivity index is 0.00000243. The second-order valence-electron chi connectivity index (χ2n) is 6.07. The molecule has 2 unspecified atom stereocenters. The molecular weight excluding hydrogens is 352 g/mol. The highest BCUT2D eigenvalue weighted by Gasteiger charge is 2.32. The highest BCUT2D eigenvalue weighted by Crippen LogP contribution is 2.30.